The van der Waals surface area contributed by atoms with Crippen LogP contribution in [0, 0.1) is 5.82 Å². The Morgan fingerprint density at radius 3 is 2.45 bits per heavy atom. The van der Waals surface area contributed by atoms with Gasteiger partial charge in [-0.05, 0) is 48.5 Å². The minimum atomic E-state index is -0.243. The Morgan fingerprint density at radius 2 is 1.70 bits per heavy atom. The first kappa shape index (κ1) is 12.7. The van der Waals surface area contributed by atoms with Gasteiger partial charge in [-0.1, -0.05) is 0 Å². The van der Waals surface area contributed by atoms with E-state index in [4.69, 9.17) is 8.83 Å². The fourth-order valence-corrected chi connectivity index (χ4v) is 2.04. The summed E-state index contributed by atoms with van der Waals surface area (Å²) in [5.41, 5.74) is 0.878. The number of hydrogen-bond donors (Lipinski definition) is 1. The molecule has 0 bridgehead atoms. The van der Waals surface area contributed by atoms with Crippen molar-refractivity contribution in [1.82, 2.24) is 0 Å². The predicted molar refractivity (Wildman–Crippen MR) is 72.1 cm³/mol. The number of benzene rings is 1. The van der Waals surface area contributed by atoms with E-state index in [1.807, 2.05) is 24.3 Å². The van der Waals surface area contributed by atoms with Crippen molar-refractivity contribution in [3.63, 3.8) is 0 Å². The van der Waals surface area contributed by atoms with Gasteiger partial charge in [0.05, 0.1) is 6.26 Å². The van der Waals surface area contributed by atoms with E-state index < -0.39 is 0 Å². The molecule has 0 fully saturated rings. The molecule has 3 rings (SSSR count). The molecule has 1 aromatic carbocycles. The molecule has 102 valence electrons. The Hall–Kier alpha value is -2.33. The molecule has 3 nitrogen and oxygen atoms in total. The maximum atomic E-state index is 12.9. The molecule has 2 aromatic heterocycles. The number of hydrogen-bond acceptors (Lipinski definition) is 2. The Labute approximate surface area is 116 Å². The van der Waals surface area contributed by atoms with Crippen molar-refractivity contribution in [2.75, 3.05) is 0 Å². The summed E-state index contributed by atoms with van der Waals surface area (Å²) in [7, 11) is 0. The molecule has 0 radical (unpaired) electrons. The fourth-order valence-electron chi connectivity index (χ4n) is 2.04. The monoisotopic (exact) mass is 272 g/mol. The molecule has 2 heterocycles. The molecular weight excluding hydrogens is 257 g/mol. The van der Waals surface area contributed by atoms with Crippen molar-refractivity contribution in [1.29, 1.82) is 0 Å². The smallest absolute Gasteiger partial charge is 0.158 e. The highest BCUT2D eigenvalue weighted by Gasteiger charge is 2.07. The Bertz CT molecular complexity index is 656. The standard InChI is InChI=1S/C16H14FNO2/c17-13-5-3-12(4-6-13)16-8-7-15(20-16)11-18-10-14-2-1-9-19-14/h1-9,18H,10-11H2/p+1. The van der Waals surface area contributed by atoms with E-state index >= 15 is 0 Å². The third kappa shape index (κ3) is 2.97. The third-order valence-electron chi connectivity index (χ3n) is 3.06. The van der Waals surface area contributed by atoms with Crippen LogP contribution in [0.2, 0.25) is 0 Å². The van der Waals surface area contributed by atoms with E-state index in [2.05, 4.69) is 5.32 Å². The van der Waals surface area contributed by atoms with Gasteiger partial charge in [0, 0.05) is 5.56 Å². The first-order valence-corrected chi connectivity index (χ1v) is 6.50. The average molecular weight is 272 g/mol. The van der Waals surface area contributed by atoms with Gasteiger partial charge in [-0.15, -0.1) is 0 Å². The molecule has 4 heteroatoms. The maximum Gasteiger partial charge on any atom is 0.158 e. The molecule has 0 spiro atoms. The molecular formula is C16H15FNO2+. The van der Waals surface area contributed by atoms with Crippen LogP contribution in [0.5, 0.6) is 0 Å². The van der Waals surface area contributed by atoms with Gasteiger partial charge in [-0.2, -0.15) is 0 Å². The molecule has 0 saturated heterocycles. The number of furan rings is 2. The van der Waals surface area contributed by atoms with Crippen LogP contribution in [0.4, 0.5) is 4.39 Å². The van der Waals surface area contributed by atoms with Gasteiger partial charge in [-0.3, -0.25) is 0 Å². The lowest BCUT2D eigenvalue weighted by Crippen LogP contribution is -2.80. The minimum absolute atomic E-state index is 0.243. The second kappa shape index (κ2) is 5.75. The summed E-state index contributed by atoms with van der Waals surface area (Å²) < 4.78 is 23.9. The minimum Gasteiger partial charge on any atom is -0.463 e. The molecule has 0 amide bonds. The van der Waals surface area contributed by atoms with Gasteiger partial charge in [-0.25, -0.2) is 4.39 Å². The lowest BCUT2D eigenvalue weighted by Gasteiger charge is -1.98. The molecule has 0 atom stereocenters. The second-order valence-corrected chi connectivity index (χ2v) is 4.55. The topological polar surface area (TPSA) is 42.9 Å². The lowest BCUT2D eigenvalue weighted by molar-refractivity contribution is -0.689. The predicted octanol–water partition coefficient (Wildman–Crippen LogP) is 2.94. The first-order chi connectivity index (χ1) is 9.81. The summed E-state index contributed by atoms with van der Waals surface area (Å²) in [6, 6.07) is 14.0. The first-order valence-electron chi connectivity index (χ1n) is 6.50. The summed E-state index contributed by atoms with van der Waals surface area (Å²) in [4.78, 5) is 0. The molecule has 3 aromatic rings. The van der Waals surface area contributed by atoms with Crippen LogP contribution in [0.15, 0.2) is 63.6 Å². The fraction of sp³-hybridized carbons (Fsp3) is 0.125. The molecule has 20 heavy (non-hydrogen) atoms. The summed E-state index contributed by atoms with van der Waals surface area (Å²) in [6.07, 6.45) is 1.67. The van der Waals surface area contributed by atoms with Gasteiger partial charge in [0.1, 0.15) is 24.7 Å². The normalized spacial score (nSPS) is 10.8. The number of quaternary nitrogens is 1. The third-order valence-corrected chi connectivity index (χ3v) is 3.06. The average Bonchev–Trinajstić information content (AvgIpc) is 3.11. The Morgan fingerprint density at radius 1 is 0.900 bits per heavy atom. The van der Waals surface area contributed by atoms with Crippen LogP contribution >= 0.6 is 0 Å². The molecule has 2 N–H and O–H groups in total. The van der Waals surface area contributed by atoms with Crippen molar-refractivity contribution in [2.24, 2.45) is 0 Å². The van der Waals surface area contributed by atoms with E-state index in [9.17, 15) is 4.39 Å². The van der Waals surface area contributed by atoms with Gasteiger partial charge in [0.25, 0.3) is 0 Å². The Kier molecular flexibility index (Phi) is 3.65. The van der Waals surface area contributed by atoms with E-state index in [1.54, 1.807) is 18.4 Å². The zero-order valence-electron chi connectivity index (χ0n) is 10.9. The summed E-state index contributed by atoms with van der Waals surface area (Å²) >= 11 is 0. The van der Waals surface area contributed by atoms with E-state index in [0.717, 1.165) is 35.9 Å². The summed E-state index contributed by atoms with van der Waals surface area (Å²) in [5.74, 6) is 2.34. The van der Waals surface area contributed by atoms with E-state index in [0.29, 0.717) is 0 Å². The van der Waals surface area contributed by atoms with Crippen LogP contribution in [-0.4, -0.2) is 0 Å². The van der Waals surface area contributed by atoms with Crippen molar-refractivity contribution in [3.8, 4) is 11.3 Å². The molecule has 0 unspecified atom stereocenters. The number of nitrogens with two attached hydrogens (primary N) is 1. The molecule has 0 aliphatic heterocycles. The van der Waals surface area contributed by atoms with Crippen LogP contribution in [-0.2, 0) is 13.1 Å². The quantitative estimate of drug-likeness (QED) is 0.776. The van der Waals surface area contributed by atoms with E-state index in [1.165, 1.54) is 12.1 Å². The zero-order valence-corrected chi connectivity index (χ0v) is 10.9. The molecule has 0 aliphatic carbocycles. The molecule has 0 aliphatic rings. The van der Waals surface area contributed by atoms with E-state index in [-0.39, 0.29) is 5.82 Å². The zero-order chi connectivity index (χ0) is 13.8. The lowest BCUT2D eigenvalue weighted by atomic mass is 10.2. The SMILES string of the molecule is Fc1ccc(-c2ccc(C[NH2+]Cc3ccco3)o2)cc1. The summed E-state index contributed by atoms with van der Waals surface area (Å²) in [6.45, 7) is 1.52. The highest BCUT2D eigenvalue weighted by Crippen LogP contribution is 2.21. The highest BCUT2D eigenvalue weighted by atomic mass is 19.1. The van der Waals surface area contributed by atoms with Crippen LogP contribution in [0.25, 0.3) is 11.3 Å². The number of halogens is 1. The highest BCUT2D eigenvalue weighted by molar-refractivity contribution is 5.57. The van der Waals surface area contributed by atoms with Gasteiger partial charge >= 0.3 is 0 Å². The van der Waals surface area contributed by atoms with Crippen LogP contribution < -0.4 is 5.32 Å². The Balaban J connectivity index is 1.60. The second-order valence-electron chi connectivity index (χ2n) is 4.55. The largest absolute Gasteiger partial charge is 0.463 e. The van der Waals surface area contributed by atoms with Crippen molar-refractivity contribution in [2.45, 2.75) is 13.1 Å². The van der Waals surface area contributed by atoms with Crippen molar-refractivity contribution < 1.29 is 18.5 Å². The van der Waals surface area contributed by atoms with Gasteiger partial charge in [0.15, 0.2) is 11.5 Å². The number of rotatable bonds is 5. The van der Waals surface area contributed by atoms with Gasteiger partial charge in [0.2, 0.25) is 0 Å². The molecule has 0 saturated carbocycles. The van der Waals surface area contributed by atoms with Crippen LogP contribution in [0.3, 0.4) is 0 Å². The van der Waals surface area contributed by atoms with Crippen molar-refractivity contribution >= 4 is 0 Å². The van der Waals surface area contributed by atoms with Gasteiger partial charge < -0.3 is 14.2 Å². The van der Waals surface area contributed by atoms with Crippen molar-refractivity contribution in [3.05, 3.63) is 72.1 Å². The van der Waals surface area contributed by atoms with Crippen LogP contribution in [0.1, 0.15) is 11.5 Å². The maximum absolute atomic E-state index is 12.9. The summed E-state index contributed by atoms with van der Waals surface area (Å²) in [5, 5.41) is 2.10.